The number of pyridine rings is 1. The summed E-state index contributed by atoms with van der Waals surface area (Å²) in [6.45, 7) is 3.52. The van der Waals surface area contributed by atoms with Gasteiger partial charge in [0.25, 0.3) is 11.8 Å². The highest BCUT2D eigenvalue weighted by Crippen LogP contribution is 2.34. The van der Waals surface area contributed by atoms with Crippen LogP contribution in [0.4, 0.5) is 5.00 Å². The zero-order valence-electron chi connectivity index (χ0n) is 13.5. The lowest BCUT2D eigenvalue weighted by Gasteiger charge is -2.06. The number of nitrogens with zero attached hydrogens (tertiary/aromatic N) is 1. The molecule has 2 amide bonds. The molecule has 7 nitrogen and oxygen atoms in total. The van der Waals surface area contributed by atoms with Gasteiger partial charge in [-0.15, -0.1) is 11.3 Å². The van der Waals surface area contributed by atoms with Gasteiger partial charge in [0.05, 0.1) is 17.0 Å². The van der Waals surface area contributed by atoms with Gasteiger partial charge in [-0.05, 0) is 31.5 Å². The Morgan fingerprint density at radius 1 is 1.25 bits per heavy atom. The molecule has 0 unspecified atom stereocenters. The molecule has 0 saturated carbocycles. The summed E-state index contributed by atoms with van der Waals surface area (Å²) in [7, 11) is 1.50. The number of carbonyl (C=O) groups excluding carboxylic acids is 3. The van der Waals surface area contributed by atoms with Crippen LogP contribution in [-0.2, 0) is 4.74 Å². The predicted molar refractivity (Wildman–Crippen MR) is 90.6 cm³/mol. The normalized spacial score (nSPS) is 10.1. The number of rotatable bonds is 5. The number of anilines is 1. The molecule has 2 aromatic rings. The minimum absolute atomic E-state index is 0.185. The van der Waals surface area contributed by atoms with Gasteiger partial charge in [-0.3, -0.25) is 14.6 Å². The number of nitrogens with one attached hydrogen (secondary N) is 2. The fourth-order valence-electron chi connectivity index (χ4n) is 2.04. The van der Waals surface area contributed by atoms with Crippen molar-refractivity contribution in [3.05, 3.63) is 46.1 Å². The summed E-state index contributed by atoms with van der Waals surface area (Å²) >= 11 is 1.02. The van der Waals surface area contributed by atoms with Crippen LogP contribution in [0.1, 0.15) is 43.0 Å². The van der Waals surface area contributed by atoms with Crippen molar-refractivity contribution in [3.8, 4) is 0 Å². The van der Waals surface area contributed by atoms with E-state index in [4.69, 9.17) is 4.74 Å². The Labute approximate surface area is 143 Å². The number of amides is 2. The van der Waals surface area contributed by atoms with Gasteiger partial charge in [-0.25, -0.2) is 4.79 Å². The zero-order valence-corrected chi connectivity index (χ0v) is 14.3. The molecule has 2 aromatic heterocycles. The highest BCUT2D eigenvalue weighted by molar-refractivity contribution is 7.18. The van der Waals surface area contributed by atoms with E-state index >= 15 is 0 Å². The Hall–Kier alpha value is -2.74. The largest absolute Gasteiger partial charge is 0.462 e. The number of ether oxygens (including phenoxy) is 1. The predicted octanol–water partition coefficient (Wildman–Crippen LogP) is 2.24. The molecule has 8 heteroatoms. The smallest absolute Gasteiger partial charge is 0.341 e. The van der Waals surface area contributed by atoms with Crippen LogP contribution in [0.3, 0.4) is 0 Å². The van der Waals surface area contributed by atoms with Crippen molar-refractivity contribution >= 4 is 34.1 Å². The lowest BCUT2D eigenvalue weighted by molar-refractivity contribution is 0.0527. The van der Waals surface area contributed by atoms with Crippen molar-refractivity contribution in [2.24, 2.45) is 0 Å². The van der Waals surface area contributed by atoms with Crippen molar-refractivity contribution in [1.29, 1.82) is 0 Å². The molecular formula is C16H17N3O4S. The van der Waals surface area contributed by atoms with Crippen molar-refractivity contribution in [1.82, 2.24) is 10.3 Å². The van der Waals surface area contributed by atoms with Crippen molar-refractivity contribution in [3.63, 3.8) is 0 Å². The minimum atomic E-state index is -0.585. The average molecular weight is 347 g/mol. The molecule has 24 heavy (non-hydrogen) atoms. The summed E-state index contributed by atoms with van der Waals surface area (Å²) in [6.07, 6.45) is 1.50. The monoisotopic (exact) mass is 347 g/mol. The molecule has 0 atom stereocenters. The van der Waals surface area contributed by atoms with Gasteiger partial charge in [0.15, 0.2) is 0 Å². The number of hydrogen-bond donors (Lipinski definition) is 2. The number of carbonyl (C=O) groups is 3. The van der Waals surface area contributed by atoms with Crippen LogP contribution in [-0.4, -0.2) is 36.4 Å². The molecular weight excluding hydrogens is 330 g/mol. The van der Waals surface area contributed by atoms with Crippen LogP contribution in [0, 0.1) is 6.92 Å². The molecule has 0 aromatic carbocycles. The van der Waals surface area contributed by atoms with Crippen LogP contribution in [0.25, 0.3) is 0 Å². The first-order chi connectivity index (χ1) is 11.5. The summed E-state index contributed by atoms with van der Waals surface area (Å²) in [5.41, 5.74) is 0.860. The maximum atomic E-state index is 12.3. The van der Waals surface area contributed by atoms with Gasteiger partial charge in [0, 0.05) is 13.2 Å². The summed E-state index contributed by atoms with van der Waals surface area (Å²) in [6, 6.07) is 4.93. The first kappa shape index (κ1) is 17.6. The molecule has 0 aliphatic carbocycles. The standard InChI is InChI=1S/C16H17N3O4S/c1-4-23-16(22)11-9(2)12(14(21)17-3)24-15(11)19-13(20)10-7-5-6-8-18-10/h5-8H,4H2,1-3H3,(H,17,21)(H,19,20). The third-order valence-electron chi connectivity index (χ3n) is 3.18. The van der Waals surface area contributed by atoms with E-state index in [-0.39, 0.29) is 28.8 Å². The molecule has 0 aliphatic rings. The van der Waals surface area contributed by atoms with Crippen molar-refractivity contribution in [2.45, 2.75) is 13.8 Å². The van der Waals surface area contributed by atoms with Crippen LogP contribution >= 0.6 is 11.3 Å². The van der Waals surface area contributed by atoms with Gasteiger partial charge in [-0.2, -0.15) is 0 Å². The van der Waals surface area contributed by atoms with Crippen LogP contribution in [0.2, 0.25) is 0 Å². The van der Waals surface area contributed by atoms with Gasteiger partial charge in [0.1, 0.15) is 10.7 Å². The molecule has 2 rings (SSSR count). The van der Waals surface area contributed by atoms with Crippen LogP contribution in [0.15, 0.2) is 24.4 Å². The van der Waals surface area contributed by atoms with E-state index < -0.39 is 11.9 Å². The molecule has 0 aliphatic heterocycles. The maximum absolute atomic E-state index is 12.3. The molecule has 2 heterocycles. The molecule has 0 bridgehead atoms. The molecule has 0 radical (unpaired) electrons. The molecule has 0 saturated heterocycles. The number of aromatic nitrogens is 1. The first-order valence-corrected chi connectivity index (χ1v) is 8.06. The van der Waals surface area contributed by atoms with E-state index in [2.05, 4.69) is 15.6 Å². The SMILES string of the molecule is CCOC(=O)c1c(NC(=O)c2ccccn2)sc(C(=O)NC)c1C. The van der Waals surface area contributed by atoms with Crippen molar-refractivity contribution < 1.29 is 19.1 Å². The molecule has 0 spiro atoms. The Balaban J connectivity index is 2.42. The van der Waals surface area contributed by atoms with Gasteiger partial charge in [-0.1, -0.05) is 6.07 Å². The molecule has 0 fully saturated rings. The van der Waals surface area contributed by atoms with Gasteiger partial charge in [0.2, 0.25) is 0 Å². The Bertz CT molecular complexity index is 771. The Kier molecular flexibility index (Phi) is 5.64. The van der Waals surface area contributed by atoms with E-state index in [0.29, 0.717) is 10.4 Å². The lowest BCUT2D eigenvalue weighted by Crippen LogP contribution is -2.18. The highest BCUT2D eigenvalue weighted by Gasteiger charge is 2.26. The van der Waals surface area contributed by atoms with E-state index in [9.17, 15) is 14.4 Å². The summed E-state index contributed by atoms with van der Waals surface area (Å²) < 4.78 is 5.03. The zero-order chi connectivity index (χ0) is 17.7. The Morgan fingerprint density at radius 2 is 2.00 bits per heavy atom. The number of esters is 1. The van der Waals surface area contributed by atoms with E-state index in [0.717, 1.165) is 11.3 Å². The van der Waals surface area contributed by atoms with Gasteiger partial charge >= 0.3 is 5.97 Å². The Morgan fingerprint density at radius 3 is 2.58 bits per heavy atom. The fourth-order valence-corrected chi connectivity index (χ4v) is 3.18. The third kappa shape index (κ3) is 3.60. The summed E-state index contributed by atoms with van der Waals surface area (Å²) in [5, 5.41) is 5.42. The number of thiophene rings is 1. The quantitative estimate of drug-likeness (QED) is 0.809. The maximum Gasteiger partial charge on any atom is 0.341 e. The van der Waals surface area contributed by atoms with Crippen LogP contribution in [0.5, 0.6) is 0 Å². The van der Waals surface area contributed by atoms with Crippen molar-refractivity contribution in [2.75, 3.05) is 19.0 Å². The van der Waals surface area contributed by atoms with E-state index in [1.807, 2.05) is 0 Å². The van der Waals surface area contributed by atoms with E-state index in [1.165, 1.54) is 13.2 Å². The average Bonchev–Trinajstić information content (AvgIpc) is 2.91. The second-order valence-electron chi connectivity index (χ2n) is 4.73. The molecule has 2 N–H and O–H groups in total. The minimum Gasteiger partial charge on any atom is -0.462 e. The fraction of sp³-hybridized carbons (Fsp3) is 0.250. The number of hydrogen-bond acceptors (Lipinski definition) is 6. The van der Waals surface area contributed by atoms with E-state index in [1.54, 1.807) is 32.0 Å². The summed E-state index contributed by atoms with van der Waals surface area (Å²) in [5.74, 6) is -1.38. The van der Waals surface area contributed by atoms with Gasteiger partial charge < -0.3 is 15.4 Å². The third-order valence-corrected chi connectivity index (χ3v) is 4.39. The molecule has 126 valence electrons. The second kappa shape index (κ2) is 7.69. The second-order valence-corrected chi connectivity index (χ2v) is 5.75. The summed E-state index contributed by atoms with van der Waals surface area (Å²) in [4.78, 5) is 40.8. The highest BCUT2D eigenvalue weighted by atomic mass is 32.1. The van der Waals surface area contributed by atoms with Crippen LogP contribution < -0.4 is 10.6 Å². The first-order valence-electron chi connectivity index (χ1n) is 7.24. The topological polar surface area (TPSA) is 97.4 Å². The lowest BCUT2D eigenvalue weighted by atomic mass is 10.1.